The number of benzene rings is 4. The van der Waals surface area contributed by atoms with Crippen LogP contribution in [0.1, 0.15) is 44.9 Å². The molecule has 4 aromatic carbocycles. The maximum atomic E-state index is 14.3. The van der Waals surface area contributed by atoms with E-state index in [4.69, 9.17) is 14.5 Å². The van der Waals surface area contributed by atoms with Gasteiger partial charge in [-0.05, 0) is 73.0 Å². The first-order chi connectivity index (χ1) is 19.9. The number of aromatic nitrogens is 1. The van der Waals surface area contributed by atoms with E-state index in [1.54, 1.807) is 18.4 Å². The van der Waals surface area contributed by atoms with Crippen LogP contribution in [-0.2, 0) is 9.53 Å². The van der Waals surface area contributed by atoms with Crippen molar-refractivity contribution in [3.05, 3.63) is 121 Å². The molecule has 1 aromatic heterocycles. The summed E-state index contributed by atoms with van der Waals surface area (Å²) in [5.41, 5.74) is 2.33. The first kappa shape index (κ1) is 26.7. The highest BCUT2D eigenvalue weighted by molar-refractivity contribution is 7.07. The van der Waals surface area contributed by atoms with Crippen LogP contribution in [0.5, 0.6) is 5.75 Å². The molecule has 206 valence electrons. The van der Waals surface area contributed by atoms with E-state index in [1.165, 1.54) is 11.3 Å². The van der Waals surface area contributed by atoms with Gasteiger partial charge >= 0.3 is 5.97 Å². The Hall–Kier alpha value is -4.49. The molecule has 6 rings (SSSR count). The van der Waals surface area contributed by atoms with Gasteiger partial charge in [0.2, 0.25) is 0 Å². The average Bonchev–Trinajstić information content (AvgIpc) is 3.26. The number of nitrogens with zero attached hydrogens (tertiary/aromatic N) is 2. The Morgan fingerprint density at radius 2 is 1.63 bits per heavy atom. The van der Waals surface area contributed by atoms with Crippen molar-refractivity contribution < 1.29 is 14.3 Å². The summed E-state index contributed by atoms with van der Waals surface area (Å²) in [5.74, 6) is 0.117. The molecule has 5 aromatic rings. The summed E-state index contributed by atoms with van der Waals surface area (Å²) in [6.07, 6.45) is 1.87. The lowest BCUT2D eigenvalue weighted by Crippen LogP contribution is -2.40. The molecule has 0 radical (unpaired) electrons. The average molecular weight is 563 g/mol. The number of fused-ring (bicyclic) bond motifs is 3. The van der Waals surface area contributed by atoms with Crippen LogP contribution >= 0.6 is 11.3 Å². The van der Waals surface area contributed by atoms with Gasteiger partial charge in [-0.25, -0.2) is 9.79 Å². The van der Waals surface area contributed by atoms with Crippen molar-refractivity contribution in [2.45, 2.75) is 39.8 Å². The molecule has 0 spiro atoms. The van der Waals surface area contributed by atoms with Gasteiger partial charge in [0.15, 0.2) is 4.80 Å². The van der Waals surface area contributed by atoms with Gasteiger partial charge in [-0.1, -0.05) is 78.1 Å². The van der Waals surface area contributed by atoms with Gasteiger partial charge in [-0.2, -0.15) is 0 Å². The molecule has 1 aliphatic rings. The van der Waals surface area contributed by atoms with Gasteiger partial charge in [0.05, 0.1) is 28.5 Å². The molecular weight excluding hydrogens is 532 g/mol. The predicted molar refractivity (Wildman–Crippen MR) is 164 cm³/mol. The molecule has 2 heterocycles. The molecule has 7 heteroatoms. The Morgan fingerprint density at radius 1 is 1.00 bits per heavy atom. The number of para-hydroxylation sites is 1. The zero-order chi connectivity index (χ0) is 28.7. The molecular formula is C34H30N2O4S. The first-order valence-electron chi connectivity index (χ1n) is 13.7. The fourth-order valence-corrected chi connectivity index (χ4v) is 6.52. The standard InChI is InChI=1S/C34H30N2O4S/c1-5-39-33(38)30-21(4)35-34-36(31(30)26-16-10-11-17-28(26)40-20(2)3)32(37)29(41-34)19-27-24-14-8-6-12-22(24)18-23-13-7-9-15-25(23)27/h6-20,31H,5H2,1-4H3/b29-19-. The number of ether oxygens (including phenoxy) is 2. The molecule has 0 saturated heterocycles. The Kier molecular flexibility index (Phi) is 7.05. The molecule has 0 fully saturated rings. The van der Waals surface area contributed by atoms with E-state index >= 15 is 0 Å². The van der Waals surface area contributed by atoms with Crippen LogP contribution in [-0.4, -0.2) is 23.2 Å². The summed E-state index contributed by atoms with van der Waals surface area (Å²) in [6, 6.07) is 25.4. The van der Waals surface area contributed by atoms with E-state index in [0.717, 1.165) is 27.1 Å². The molecule has 0 amide bonds. The van der Waals surface area contributed by atoms with Crippen LogP contribution in [0.2, 0.25) is 0 Å². The van der Waals surface area contributed by atoms with Crippen molar-refractivity contribution in [2.24, 2.45) is 4.99 Å². The van der Waals surface area contributed by atoms with E-state index in [-0.39, 0.29) is 18.3 Å². The number of hydrogen-bond donors (Lipinski definition) is 0. The van der Waals surface area contributed by atoms with Crippen LogP contribution in [0.15, 0.2) is 99.9 Å². The third-order valence-electron chi connectivity index (χ3n) is 7.18. The zero-order valence-corrected chi connectivity index (χ0v) is 24.2. The van der Waals surface area contributed by atoms with Crippen LogP contribution in [0, 0.1) is 0 Å². The van der Waals surface area contributed by atoms with Gasteiger partial charge in [-0.15, -0.1) is 0 Å². The lowest BCUT2D eigenvalue weighted by Gasteiger charge is -2.26. The zero-order valence-electron chi connectivity index (χ0n) is 23.4. The molecule has 1 atom stereocenters. The Balaban J connectivity index is 1.65. The van der Waals surface area contributed by atoms with E-state index < -0.39 is 12.0 Å². The normalized spacial score (nSPS) is 15.3. The maximum Gasteiger partial charge on any atom is 0.338 e. The number of carbonyl (C=O) groups is 1. The second-order valence-electron chi connectivity index (χ2n) is 10.2. The second kappa shape index (κ2) is 10.8. The molecule has 0 bridgehead atoms. The molecule has 0 N–H and O–H groups in total. The van der Waals surface area contributed by atoms with E-state index in [1.807, 2.05) is 68.5 Å². The van der Waals surface area contributed by atoms with Crippen molar-refractivity contribution in [2.75, 3.05) is 6.61 Å². The number of thiazole rings is 1. The van der Waals surface area contributed by atoms with Crippen molar-refractivity contribution in [3.8, 4) is 5.75 Å². The molecule has 1 aliphatic heterocycles. The lowest BCUT2D eigenvalue weighted by molar-refractivity contribution is -0.139. The van der Waals surface area contributed by atoms with Crippen LogP contribution in [0.3, 0.4) is 0 Å². The minimum Gasteiger partial charge on any atom is -0.491 e. The fourth-order valence-electron chi connectivity index (χ4n) is 5.49. The number of hydrogen-bond acceptors (Lipinski definition) is 6. The molecule has 41 heavy (non-hydrogen) atoms. The summed E-state index contributed by atoms with van der Waals surface area (Å²) < 4.78 is 13.8. The molecule has 0 saturated carbocycles. The minimum absolute atomic E-state index is 0.0947. The quantitative estimate of drug-likeness (QED) is 0.191. The van der Waals surface area contributed by atoms with E-state index in [9.17, 15) is 9.59 Å². The van der Waals surface area contributed by atoms with Crippen LogP contribution in [0.25, 0.3) is 27.6 Å². The van der Waals surface area contributed by atoms with Gasteiger partial charge < -0.3 is 9.47 Å². The van der Waals surface area contributed by atoms with Crippen molar-refractivity contribution in [1.29, 1.82) is 0 Å². The summed E-state index contributed by atoms with van der Waals surface area (Å²) >= 11 is 1.32. The van der Waals surface area contributed by atoms with E-state index in [2.05, 4.69) is 30.3 Å². The molecule has 0 aliphatic carbocycles. The van der Waals surface area contributed by atoms with Gasteiger partial charge in [-0.3, -0.25) is 9.36 Å². The Bertz CT molecular complexity index is 1980. The fraction of sp³-hybridized carbons (Fsp3) is 0.206. The monoisotopic (exact) mass is 562 g/mol. The maximum absolute atomic E-state index is 14.3. The topological polar surface area (TPSA) is 69.9 Å². The van der Waals surface area contributed by atoms with Gasteiger partial charge in [0.1, 0.15) is 11.8 Å². The van der Waals surface area contributed by atoms with Crippen molar-refractivity contribution in [1.82, 2.24) is 4.57 Å². The van der Waals surface area contributed by atoms with Crippen LogP contribution < -0.4 is 19.6 Å². The SMILES string of the molecule is CCOC(=O)C1=C(C)N=c2s/c(=C\c3c4ccccc4cc4ccccc34)c(=O)n2C1c1ccccc1OC(C)C. The minimum atomic E-state index is -0.744. The first-order valence-corrected chi connectivity index (χ1v) is 14.5. The Labute approximate surface area is 241 Å². The van der Waals surface area contributed by atoms with Crippen molar-refractivity contribution in [3.63, 3.8) is 0 Å². The highest BCUT2D eigenvalue weighted by Gasteiger charge is 2.35. The van der Waals surface area contributed by atoms with Gasteiger partial charge in [0, 0.05) is 5.56 Å². The highest BCUT2D eigenvalue weighted by atomic mass is 32.1. The summed E-state index contributed by atoms with van der Waals surface area (Å²) in [6.45, 7) is 7.67. The van der Waals surface area contributed by atoms with Gasteiger partial charge in [0.25, 0.3) is 5.56 Å². The lowest BCUT2D eigenvalue weighted by atomic mass is 9.95. The number of carbonyl (C=O) groups excluding carboxylic acids is 1. The third kappa shape index (κ3) is 4.76. The largest absolute Gasteiger partial charge is 0.491 e. The number of esters is 1. The summed E-state index contributed by atoms with van der Waals surface area (Å²) in [5, 5.41) is 4.33. The predicted octanol–water partition coefficient (Wildman–Crippen LogP) is 5.89. The number of allylic oxidation sites excluding steroid dienone is 1. The molecule has 6 nitrogen and oxygen atoms in total. The van der Waals surface area contributed by atoms with E-state index in [0.29, 0.717) is 31.9 Å². The number of rotatable bonds is 6. The summed E-state index contributed by atoms with van der Waals surface area (Å²) in [4.78, 5) is 32.9. The highest BCUT2D eigenvalue weighted by Crippen LogP contribution is 2.36. The molecule has 1 unspecified atom stereocenters. The smallest absolute Gasteiger partial charge is 0.338 e. The summed E-state index contributed by atoms with van der Waals surface area (Å²) in [7, 11) is 0. The Morgan fingerprint density at radius 3 is 2.29 bits per heavy atom. The second-order valence-corrected chi connectivity index (χ2v) is 11.2. The van der Waals surface area contributed by atoms with Crippen molar-refractivity contribution >= 4 is 44.9 Å². The van der Waals surface area contributed by atoms with Crippen LogP contribution in [0.4, 0.5) is 0 Å². The third-order valence-corrected chi connectivity index (χ3v) is 8.16.